The lowest BCUT2D eigenvalue weighted by Gasteiger charge is -2.10. The first kappa shape index (κ1) is 21.7. The van der Waals surface area contributed by atoms with E-state index in [2.05, 4.69) is 6.08 Å². The molecule has 2 atom stereocenters. The Morgan fingerprint density at radius 1 is 1.17 bits per heavy atom. The molecule has 0 bridgehead atoms. The Balaban J connectivity index is 4.14. The number of hydrogen-bond acceptors (Lipinski definition) is 4. The van der Waals surface area contributed by atoms with Crippen molar-refractivity contribution >= 4 is 22.5 Å². The monoisotopic (exact) mass is 343 g/mol. The number of Topliss-reactive ketones (excluding diaryl/α,β-unsaturated/α-hetero) is 1. The fraction of sp³-hybridized carbons (Fsp3) is 0.647. The molecule has 0 rings (SSSR count). The molecule has 0 aliphatic heterocycles. The lowest BCUT2D eigenvalue weighted by atomic mass is 10.0. The summed E-state index contributed by atoms with van der Waals surface area (Å²) in [6, 6.07) is 0. The van der Waals surface area contributed by atoms with Crippen molar-refractivity contribution < 1.29 is 18.9 Å². The molecular formula is C17H29NO4S. The Hall–Kier alpha value is -1.27. The first-order valence-corrected chi connectivity index (χ1v) is 9.35. The van der Waals surface area contributed by atoms with Gasteiger partial charge >= 0.3 is 0 Å². The van der Waals surface area contributed by atoms with Crippen LogP contribution in [0.1, 0.15) is 46.5 Å². The van der Waals surface area contributed by atoms with Gasteiger partial charge < -0.3 is 10.8 Å². The molecule has 2 unspecified atom stereocenters. The molecule has 132 valence electrons. The molecular weight excluding hydrogens is 314 g/mol. The van der Waals surface area contributed by atoms with Gasteiger partial charge in [-0.05, 0) is 33.1 Å². The molecule has 0 aromatic heterocycles. The zero-order chi connectivity index (χ0) is 17.8. The molecule has 0 saturated carbocycles. The average Bonchev–Trinajstić information content (AvgIpc) is 2.43. The van der Waals surface area contributed by atoms with Crippen molar-refractivity contribution in [2.75, 3.05) is 18.1 Å². The zero-order valence-corrected chi connectivity index (χ0v) is 15.2. The quantitative estimate of drug-likeness (QED) is 0.417. The fourth-order valence-corrected chi connectivity index (χ4v) is 3.20. The molecule has 0 saturated heterocycles. The molecule has 0 heterocycles. The molecule has 0 radical (unpaired) electrons. The van der Waals surface area contributed by atoms with Gasteiger partial charge in [0.1, 0.15) is 5.78 Å². The second-order valence-corrected chi connectivity index (χ2v) is 7.51. The molecule has 0 aromatic rings. The third-order valence-corrected chi connectivity index (χ3v) is 5.00. The molecule has 0 aliphatic carbocycles. The SMILES string of the molecule is CC(=CC(N)=O)CCC=C(C)CCC(=O)C(C)CS(=O)CCO. The molecule has 0 aromatic carbocycles. The van der Waals surface area contributed by atoms with Crippen LogP contribution in [0, 0.1) is 5.92 Å². The minimum atomic E-state index is -1.13. The first-order valence-electron chi connectivity index (χ1n) is 7.87. The lowest BCUT2D eigenvalue weighted by Crippen LogP contribution is -2.20. The number of hydrogen-bond donors (Lipinski definition) is 2. The molecule has 23 heavy (non-hydrogen) atoms. The van der Waals surface area contributed by atoms with Crippen LogP contribution >= 0.6 is 0 Å². The highest BCUT2D eigenvalue weighted by Gasteiger charge is 2.15. The summed E-state index contributed by atoms with van der Waals surface area (Å²) in [5.41, 5.74) is 7.16. The van der Waals surface area contributed by atoms with E-state index in [1.54, 1.807) is 6.92 Å². The van der Waals surface area contributed by atoms with Crippen LogP contribution in [0.25, 0.3) is 0 Å². The predicted molar refractivity (Wildman–Crippen MR) is 94.3 cm³/mol. The van der Waals surface area contributed by atoms with E-state index in [9.17, 15) is 13.8 Å². The molecule has 0 fully saturated rings. The van der Waals surface area contributed by atoms with Gasteiger partial charge in [0.15, 0.2) is 0 Å². The molecule has 0 spiro atoms. The summed E-state index contributed by atoms with van der Waals surface area (Å²) in [6.45, 7) is 5.52. The Morgan fingerprint density at radius 3 is 2.39 bits per heavy atom. The summed E-state index contributed by atoms with van der Waals surface area (Å²) >= 11 is 0. The highest BCUT2D eigenvalue weighted by molar-refractivity contribution is 7.85. The van der Waals surface area contributed by atoms with E-state index in [1.807, 2.05) is 13.8 Å². The number of aliphatic hydroxyl groups excluding tert-OH is 1. The largest absolute Gasteiger partial charge is 0.395 e. The minimum Gasteiger partial charge on any atom is -0.395 e. The van der Waals surface area contributed by atoms with Gasteiger partial charge in [0, 0.05) is 40.7 Å². The summed E-state index contributed by atoms with van der Waals surface area (Å²) in [6.07, 6.45) is 6.21. The van der Waals surface area contributed by atoms with Gasteiger partial charge in [0.05, 0.1) is 6.61 Å². The first-order chi connectivity index (χ1) is 10.8. The Labute approximate surface area is 141 Å². The van der Waals surface area contributed by atoms with Crippen LogP contribution in [0.2, 0.25) is 0 Å². The van der Waals surface area contributed by atoms with Crippen molar-refractivity contribution in [3.8, 4) is 0 Å². The summed E-state index contributed by atoms with van der Waals surface area (Å²) in [5, 5.41) is 8.72. The molecule has 5 nitrogen and oxygen atoms in total. The summed E-state index contributed by atoms with van der Waals surface area (Å²) in [5.74, 6) is -0.0142. The maximum absolute atomic E-state index is 12.0. The summed E-state index contributed by atoms with van der Waals surface area (Å²) < 4.78 is 11.5. The van der Waals surface area contributed by atoms with Crippen molar-refractivity contribution in [1.82, 2.24) is 0 Å². The van der Waals surface area contributed by atoms with E-state index >= 15 is 0 Å². The third-order valence-electron chi connectivity index (χ3n) is 3.49. The topological polar surface area (TPSA) is 97.5 Å². The number of amides is 1. The van der Waals surface area contributed by atoms with E-state index in [-0.39, 0.29) is 24.1 Å². The molecule has 0 aliphatic rings. The predicted octanol–water partition coefficient (Wildman–Crippen LogP) is 1.87. The van der Waals surface area contributed by atoms with Gasteiger partial charge in [0.2, 0.25) is 5.91 Å². The smallest absolute Gasteiger partial charge is 0.241 e. The van der Waals surface area contributed by atoms with Crippen LogP contribution in [-0.4, -0.2) is 39.1 Å². The van der Waals surface area contributed by atoms with Crippen LogP contribution in [0.4, 0.5) is 0 Å². The second-order valence-electron chi connectivity index (χ2n) is 5.88. The van der Waals surface area contributed by atoms with Crippen molar-refractivity contribution in [3.05, 3.63) is 23.3 Å². The van der Waals surface area contributed by atoms with Crippen LogP contribution in [-0.2, 0) is 20.4 Å². The van der Waals surface area contributed by atoms with Gasteiger partial charge in [-0.3, -0.25) is 13.8 Å². The Morgan fingerprint density at radius 2 is 1.83 bits per heavy atom. The van der Waals surface area contributed by atoms with E-state index in [0.717, 1.165) is 24.0 Å². The number of primary amides is 1. The number of carbonyl (C=O) groups excluding carboxylic acids is 2. The lowest BCUT2D eigenvalue weighted by molar-refractivity contribution is -0.121. The highest BCUT2D eigenvalue weighted by Crippen LogP contribution is 2.13. The number of aliphatic hydroxyl groups is 1. The third kappa shape index (κ3) is 11.9. The van der Waals surface area contributed by atoms with Gasteiger partial charge in [-0.2, -0.15) is 0 Å². The molecule has 6 heteroatoms. The van der Waals surface area contributed by atoms with Crippen molar-refractivity contribution in [1.29, 1.82) is 0 Å². The normalized spacial score (nSPS) is 15.3. The maximum Gasteiger partial charge on any atom is 0.241 e. The fourth-order valence-electron chi connectivity index (χ4n) is 2.09. The van der Waals surface area contributed by atoms with Crippen molar-refractivity contribution in [2.24, 2.45) is 11.7 Å². The Kier molecular flexibility index (Phi) is 11.5. The minimum absolute atomic E-state index is 0.105. The maximum atomic E-state index is 12.0. The van der Waals surface area contributed by atoms with Crippen LogP contribution < -0.4 is 5.73 Å². The van der Waals surface area contributed by atoms with Gasteiger partial charge in [-0.25, -0.2) is 0 Å². The molecule has 3 N–H and O–H groups in total. The summed E-state index contributed by atoms with van der Waals surface area (Å²) in [4.78, 5) is 22.7. The van der Waals surface area contributed by atoms with Gasteiger partial charge in [0.25, 0.3) is 0 Å². The van der Waals surface area contributed by atoms with Gasteiger partial charge in [-0.1, -0.05) is 24.1 Å². The van der Waals surface area contributed by atoms with Crippen molar-refractivity contribution in [3.63, 3.8) is 0 Å². The van der Waals surface area contributed by atoms with E-state index in [1.165, 1.54) is 6.08 Å². The van der Waals surface area contributed by atoms with E-state index in [0.29, 0.717) is 18.6 Å². The number of nitrogens with two attached hydrogens (primary N) is 1. The van der Waals surface area contributed by atoms with Gasteiger partial charge in [-0.15, -0.1) is 0 Å². The van der Waals surface area contributed by atoms with E-state index in [4.69, 9.17) is 10.8 Å². The van der Waals surface area contributed by atoms with E-state index < -0.39 is 16.7 Å². The average molecular weight is 343 g/mol. The zero-order valence-electron chi connectivity index (χ0n) is 14.3. The summed E-state index contributed by atoms with van der Waals surface area (Å²) in [7, 11) is -1.13. The Bertz CT molecular complexity index is 483. The number of rotatable bonds is 12. The highest BCUT2D eigenvalue weighted by atomic mass is 32.2. The van der Waals surface area contributed by atoms with Crippen LogP contribution in [0.15, 0.2) is 23.3 Å². The second kappa shape index (κ2) is 12.2. The van der Waals surface area contributed by atoms with Crippen molar-refractivity contribution in [2.45, 2.75) is 46.5 Å². The van der Waals surface area contributed by atoms with Crippen LogP contribution in [0.3, 0.4) is 0 Å². The number of carbonyl (C=O) groups is 2. The standard InChI is InChI=1S/C17H29NO4S/c1-13(5-4-6-14(2)11-17(18)21)7-8-16(20)15(3)12-23(22)10-9-19/h5,11,15,19H,4,6-10,12H2,1-3H3,(H2,18,21). The number of allylic oxidation sites excluding steroid dienone is 3. The number of ketones is 1. The van der Waals surface area contributed by atoms with Crippen LogP contribution in [0.5, 0.6) is 0 Å². The molecule has 1 amide bonds.